The van der Waals surface area contributed by atoms with Gasteiger partial charge in [0.25, 0.3) is 11.5 Å². The van der Waals surface area contributed by atoms with Gasteiger partial charge in [-0.3, -0.25) is 9.59 Å². The van der Waals surface area contributed by atoms with Crippen LogP contribution in [0.15, 0.2) is 52.2 Å². The maximum atomic E-state index is 12.8. The molecule has 4 rings (SSSR count). The fraction of sp³-hybridized carbons (Fsp3) is 0.240. The largest absolute Gasteiger partial charge is 0.497 e. The number of nitrogens with zero attached hydrogens (tertiary/aromatic N) is 1. The summed E-state index contributed by atoms with van der Waals surface area (Å²) in [4.78, 5) is 35.4. The van der Waals surface area contributed by atoms with Crippen LogP contribution < -0.4 is 15.6 Å². The molecule has 2 N–H and O–H groups in total. The average molecular weight is 480 g/mol. The van der Waals surface area contributed by atoms with E-state index >= 15 is 0 Å². The van der Waals surface area contributed by atoms with Gasteiger partial charge < -0.3 is 15.0 Å². The lowest BCUT2D eigenvalue weighted by Crippen LogP contribution is -2.22. The van der Waals surface area contributed by atoms with E-state index in [-0.39, 0.29) is 11.5 Å². The molecule has 170 valence electrons. The van der Waals surface area contributed by atoms with E-state index in [1.807, 2.05) is 24.3 Å². The van der Waals surface area contributed by atoms with E-state index in [1.165, 1.54) is 27.4 Å². The molecule has 0 aliphatic rings. The highest BCUT2D eigenvalue weighted by Gasteiger charge is 2.19. The molecule has 33 heavy (non-hydrogen) atoms. The number of hydrogen-bond donors (Lipinski definition) is 2. The molecule has 0 saturated carbocycles. The first kappa shape index (κ1) is 23.1. The van der Waals surface area contributed by atoms with Crippen molar-refractivity contribution in [1.82, 2.24) is 15.3 Å². The Bertz CT molecular complexity index is 1370. The van der Waals surface area contributed by atoms with Gasteiger partial charge in [0, 0.05) is 11.4 Å². The number of rotatable bonds is 7. The quantitative estimate of drug-likeness (QED) is 0.359. The van der Waals surface area contributed by atoms with E-state index in [0.717, 1.165) is 11.3 Å². The molecule has 8 heteroatoms. The molecule has 0 unspecified atom stereocenters. The monoisotopic (exact) mass is 479 g/mol. The Kier molecular flexibility index (Phi) is 6.85. The second-order valence-electron chi connectivity index (χ2n) is 7.84. The minimum atomic E-state index is -0.211. The first-order chi connectivity index (χ1) is 15.9. The molecule has 0 atom stereocenters. The van der Waals surface area contributed by atoms with Gasteiger partial charge in [-0.05, 0) is 55.7 Å². The Morgan fingerprint density at radius 2 is 1.91 bits per heavy atom. The van der Waals surface area contributed by atoms with Crippen molar-refractivity contribution in [2.75, 3.05) is 7.11 Å². The number of carbonyl (C=O) groups is 1. The number of carbonyl (C=O) groups excluding carboxylic acids is 1. The molecule has 1 amide bonds. The molecular formula is C25H25N3O3S2. The highest BCUT2D eigenvalue weighted by atomic mass is 32.2. The molecule has 0 fully saturated rings. The normalized spacial score (nSPS) is 11.0. The molecule has 4 aromatic rings. The minimum absolute atomic E-state index is 0.209. The molecule has 2 heterocycles. The third-order valence-corrected chi connectivity index (χ3v) is 7.73. The molecule has 6 nitrogen and oxygen atoms in total. The highest BCUT2D eigenvalue weighted by Crippen LogP contribution is 2.29. The van der Waals surface area contributed by atoms with E-state index in [0.29, 0.717) is 38.8 Å². The Hall–Kier alpha value is -3.10. The van der Waals surface area contributed by atoms with Crippen molar-refractivity contribution < 1.29 is 9.53 Å². The number of nitrogens with one attached hydrogen (secondary N) is 2. The first-order valence-corrected chi connectivity index (χ1v) is 12.3. The summed E-state index contributed by atoms with van der Waals surface area (Å²) in [5.74, 6) is 1.70. The van der Waals surface area contributed by atoms with Gasteiger partial charge in [-0.15, -0.1) is 23.1 Å². The second-order valence-corrected chi connectivity index (χ2v) is 9.85. The van der Waals surface area contributed by atoms with Crippen LogP contribution in [0.5, 0.6) is 5.75 Å². The Balaban J connectivity index is 1.52. The third kappa shape index (κ3) is 5.12. The molecular weight excluding hydrogens is 454 g/mol. The summed E-state index contributed by atoms with van der Waals surface area (Å²) in [5.41, 5.74) is 3.80. The van der Waals surface area contributed by atoms with Gasteiger partial charge in [0.1, 0.15) is 16.4 Å². The number of ether oxygens (including phenoxy) is 1. The number of aromatic amines is 1. The highest BCUT2D eigenvalue weighted by molar-refractivity contribution is 7.98. The van der Waals surface area contributed by atoms with Crippen LogP contribution in [0.25, 0.3) is 10.2 Å². The van der Waals surface area contributed by atoms with Crippen LogP contribution in [-0.4, -0.2) is 23.0 Å². The number of amides is 1. The lowest BCUT2D eigenvalue weighted by molar-refractivity contribution is 0.0954. The van der Waals surface area contributed by atoms with Crippen molar-refractivity contribution in [3.8, 4) is 5.75 Å². The number of thioether (sulfide) groups is 1. The number of benzene rings is 2. The maximum Gasteiger partial charge on any atom is 0.261 e. The van der Waals surface area contributed by atoms with Gasteiger partial charge in [0.05, 0.1) is 23.1 Å². The van der Waals surface area contributed by atoms with Crippen molar-refractivity contribution in [2.24, 2.45) is 0 Å². The van der Waals surface area contributed by atoms with E-state index in [1.54, 1.807) is 25.8 Å². The lowest BCUT2D eigenvalue weighted by Gasteiger charge is -2.06. The van der Waals surface area contributed by atoms with E-state index in [4.69, 9.17) is 4.74 Å². The van der Waals surface area contributed by atoms with Gasteiger partial charge in [0.15, 0.2) is 0 Å². The Morgan fingerprint density at radius 3 is 2.64 bits per heavy atom. The summed E-state index contributed by atoms with van der Waals surface area (Å²) in [6.45, 7) is 6.31. The van der Waals surface area contributed by atoms with Gasteiger partial charge in [-0.25, -0.2) is 4.98 Å². The van der Waals surface area contributed by atoms with Gasteiger partial charge in [0.2, 0.25) is 0 Å². The van der Waals surface area contributed by atoms with Crippen LogP contribution in [-0.2, 0) is 12.3 Å². The van der Waals surface area contributed by atoms with Crippen LogP contribution in [0, 0.1) is 20.8 Å². The molecule has 0 saturated heterocycles. The molecule has 0 bridgehead atoms. The van der Waals surface area contributed by atoms with Crippen molar-refractivity contribution >= 4 is 39.2 Å². The molecule has 0 spiro atoms. The third-order valence-electron chi connectivity index (χ3n) is 5.38. The number of thiophene rings is 1. The Morgan fingerprint density at radius 1 is 1.15 bits per heavy atom. The summed E-state index contributed by atoms with van der Waals surface area (Å²) in [5, 5.41) is 3.41. The number of H-pyrrole nitrogens is 1. The van der Waals surface area contributed by atoms with Crippen LogP contribution in [0.4, 0.5) is 0 Å². The predicted molar refractivity (Wildman–Crippen MR) is 135 cm³/mol. The van der Waals surface area contributed by atoms with Crippen molar-refractivity contribution in [3.05, 3.63) is 85.8 Å². The second kappa shape index (κ2) is 9.80. The summed E-state index contributed by atoms with van der Waals surface area (Å²) in [6.07, 6.45) is 0. The topological polar surface area (TPSA) is 84.1 Å². The fourth-order valence-electron chi connectivity index (χ4n) is 3.49. The van der Waals surface area contributed by atoms with Crippen molar-refractivity contribution in [1.29, 1.82) is 0 Å². The fourth-order valence-corrected chi connectivity index (χ4v) is 5.60. The van der Waals surface area contributed by atoms with Crippen LogP contribution >= 0.6 is 23.1 Å². The van der Waals surface area contributed by atoms with Crippen LogP contribution in [0.3, 0.4) is 0 Å². The van der Waals surface area contributed by atoms with Crippen molar-refractivity contribution in [2.45, 2.75) is 38.0 Å². The van der Waals surface area contributed by atoms with E-state index in [9.17, 15) is 9.59 Å². The van der Waals surface area contributed by atoms with Crippen LogP contribution in [0.2, 0.25) is 0 Å². The van der Waals surface area contributed by atoms with E-state index < -0.39 is 0 Å². The lowest BCUT2D eigenvalue weighted by atomic mass is 10.2. The number of methoxy groups -OCH3 is 1. The van der Waals surface area contributed by atoms with Gasteiger partial charge >= 0.3 is 0 Å². The SMILES string of the molecule is COc1ccc(CNC(=O)c2sc3nc(CSc4cc(C)ccc4C)[nH]c(=O)c3c2C)cc1. The molecule has 0 radical (unpaired) electrons. The minimum Gasteiger partial charge on any atom is -0.497 e. The zero-order valence-corrected chi connectivity index (χ0v) is 20.6. The van der Waals surface area contributed by atoms with E-state index in [2.05, 4.69) is 47.3 Å². The Labute approximate surface area is 200 Å². The standard InChI is InChI=1S/C25H25N3O3S2/c1-14-5-6-15(2)19(11-14)32-13-20-27-23(29)21-16(3)22(33-25(21)28-20)24(30)26-12-17-7-9-18(31-4)10-8-17/h5-11H,12-13H2,1-4H3,(H,26,30)(H,27,28,29). The van der Waals surface area contributed by atoms with Gasteiger partial charge in [-0.2, -0.15) is 0 Å². The summed E-state index contributed by atoms with van der Waals surface area (Å²) < 4.78 is 5.16. The van der Waals surface area contributed by atoms with Crippen molar-refractivity contribution in [3.63, 3.8) is 0 Å². The molecule has 0 aliphatic heterocycles. The zero-order valence-electron chi connectivity index (χ0n) is 18.9. The number of hydrogen-bond acceptors (Lipinski definition) is 6. The average Bonchev–Trinajstić information content (AvgIpc) is 3.15. The smallest absolute Gasteiger partial charge is 0.261 e. The zero-order chi connectivity index (χ0) is 23.5. The first-order valence-electron chi connectivity index (χ1n) is 10.5. The molecule has 0 aliphatic carbocycles. The van der Waals surface area contributed by atoms with Gasteiger partial charge in [-0.1, -0.05) is 29.8 Å². The number of aromatic nitrogens is 2. The predicted octanol–water partition coefficient (Wildman–Crippen LogP) is 5.14. The number of aryl methyl sites for hydroxylation is 3. The molecule has 2 aromatic heterocycles. The summed E-state index contributed by atoms with van der Waals surface area (Å²) in [6, 6.07) is 13.8. The molecule has 2 aromatic carbocycles. The summed E-state index contributed by atoms with van der Waals surface area (Å²) in [7, 11) is 1.62. The number of fused-ring (bicyclic) bond motifs is 1. The summed E-state index contributed by atoms with van der Waals surface area (Å²) >= 11 is 2.90. The maximum absolute atomic E-state index is 12.8. The van der Waals surface area contributed by atoms with Crippen LogP contribution in [0.1, 0.15) is 37.7 Å².